The van der Waals surface area contributed by atoms with Crippen LogP contribution in [-0.4, -0.2) is 36.2 Å². The number of carboxylic acid groups (broad SMARTS) is 1. The Morgan fingerprint density at radius 1 is 1.06 bits per heavy atom. The van der Waals surface area contributed by atoms with E-state index in [-0.39, 0.29) is 26.1 Å². The fourth-order valence-corrected chi connectivity index (χ4v) is 0.896. The van der Waals surface area contributed by atoms with E-state index in [1.165, 1.54) is 6.92 Å². The van der Waals surface area contributed by atoms with Crippen LogP contribution in [-0.2, 0) is 23.9 Å². The lowest BCUT2D eigenvalue weighted by Crippen LogP contribution is -2.28. The zero-order valence-corrected chi connectivity index (χ0v) is 10.3. The van der Waals surface area contributed by atoms with Crippen LogP contribution in [0.1, 0.15) is 33.6 Å². The maximum atomic E-state index is 11.1. The molecule has 0 radical (unpaired) electrons. The summed E-state index contributed by atoms with van der Waals surface area (Å²) < 4.78 is 9.71. The Labute approximate surface area is 99.9 Å². The average Bonchev–Trinajstić information content (AvgIpc) is 2.21. The van der Waals surface area contributed by atoms with Crippen molar-refractivity contribution in [2.24, 2.45) is 5.41 Å². The van der Waals surface area contributed by atoms with E-state index >= 15 is 0 Å². The maximum Gasteiger partial charge on any atom is 0.306 e. The van der Waals surface area contributed by atoms with Gasteiger partial charge in [-0.1, -0.05) is 13.8 Å². The van der Waals surface area contributed by atoms with Gasteiger partial charge in [-0.15, -0.1) is 0 Å². The third-order valence-electron chi connectivity index (χ3n) is 1.83. The smallest absolute Gasteiger partial charge is 0.306 e. The lowest BCUT2D eigenvalue weighted by Gasteiger charge is -2.23. The van der Waals surface area contributed by atoms with E-state index in [4.69, 9.17) is 14.6 Å². The molecule has 0 atom stereocenters. The van der Waals surface area contributed by atoms with Crippen molar-refractivity contribution >= 4 is 17.9 Å². The first kappa shape index (κ1) is 15.4. The second-order valence-corrected chi connectivity index (χ2v) is 4.50. The number of carbonyl (C=O) groups is 3. The molecule has 6 nitrogen and oxygen atoms in total. The molecule has 0 amide bonds. The number of carboxylic acids is 1. The monoisotopic (exact) mass is 246 g/mol. The summed E-state index contributed by atoms with van der Waals surface area (Å²) in [6, 6.07) is 0. The molecule has 6 heteroatoms. The average molecular weight is 246 g/mol. The van der Waals surface area contributed by atoms with E-state index in [2.05, 4.69) is 0 Å². The van der Waals surface area contributed by atoms with Gasteiger partial charge >= 0.3 is 17.9 Å². The van der Waals surface area contributed by atoms with Crippen LogP contribution in [0.25, 0.3) is 0 Å². The third kappa shape index (κ3) is 9.35. The van der Waals surface area contributed by atoms with Gasteiger partial charge in [-0.3, -0.25) is 14.4 Å². The van der Waals surface area contributed by atoms with Crippen molar-refractivity contribution in [2.45, 2.75) is 33.6 Å². The first-order valence-electron chi connectivity index (χ1n) is 5.24. The van der Waals surface area contributed by atoms with Crippen molar-refractivity contribution in [3.05, 3.63) is 0 Å². The molecule has 0 saturated carbocycles. The minimum atomic E-state index is -1.04. The van der Waals surface area contributed by atoms with Crippen molar-refractivity contribution in [1.82, 2.24) is 0 Å². The predicted molar refractivity (Wildman–Crippen MR) is 58.2 cm³/mol. The molecule has 0 unspecified atom stereocenters. The Hall–Kier alpha value is -1.59. The van der Waals surface area contributed by atoms with Crippen molar-refractivity contribution in [3.63, 3.8) is 0 Å². The first-order chi connectivity index (χ1) is 7.73. The minimum absolute atomic E-state index is 0.0821. The number of esters is 2. The zero-order valence-electron chi connectivity index (χ0n) is 10.3. The molecule has 0 aliphatic heterocycles. The van der Waals surface area contributed by atoms with Gasteiger partial charge in [0.25, 0.3) is 0 Å². The molecule has 0 aliphatic rings. The van der Waals surface area contributed by atoms with Crippen molar-refractivity contribution in [2.75, 3.05) is 13.2 Å². The summed E-state index contributed by atoms with van der Waals surface area (Å²) in [6.07, 6.45) is -0.401. The van der Waals surface area contributed by atoms with Gasteiger partial charge in [0.15, 0.2) is 0 Å². The Morgan fingerprint density at radius 2 is 1.59 bits per heavy atom. The number of hydrogen-bond acceptors (Lipinski definition) is 5. The number of ether oxygens (including phenoxy) is 2. The highest BCUT2D eigenvalue weighted by Crippen LogP contribution is 2.16. The van der Waals surface area contributed by atoms with Crippen molar-refractivity contribution in [1.29, 1.82) is 0 Å². The summed E-state index contributed by atoms with van der Waals surface area (Å²) in [5, 5.41) is 8.37. The van der Waals surface area contributed by atoms with Gasteiger partial charge in [0.1, 0.15) is 0 Å². The van der Waals surface area contributed by atoms with Crippen LogP contribution in [0.2, 0.25) is 0 Å². The fraction of sp³-hybridized carbons (Fsp3) is 0.727. The summed E-state index contributed by atoms with van der Waals surface area (Å²) in [6.45, 7) is 5.09. The maximum absolute atomic E-state index is 11.1. The van der Waals surface area contributed by atoms with Gasteiger partial charge in [-0.2, -0.15) is 0 Å². The molecule has 17 heavy (non-hydrogen) atoms. The molecule has 0 rings (SSSR count). The van der Waals surface area contributed by atoms with E-state index in [1.54, 1.807) is 13.8 Å². The van der Waals surface area contributed by atoms with Crippen molar-refractivity contribution < 1.29 is 29.0 Å². The molecule has 0 aromatic rings. The standard InChI is InChI=1S/C11H18O6/c1-8(12)16-6-11(2,3)7-17-10(15)5-4-9(13)14/h4-7H2,1-3H3,(H,13,14). The van der Waals surface area contributed by atoms with E-state index in [0.717, 1.165) is 0 Å². The molecule has 0 fully saturated rings. The quantitative estimate of drug-likeness (QED) is 0.673. The van der Waals surface area contributed by atoms with E-state index < -0.39 is 23.3 Å². The zero-order chi connectivity index (χ0) is 13.5. The summed E-state index contributed by atoms with van der Waals surface area (Å²) in [7, 11) is 0. The Kier molecular flexibility index (Phi) is 6.23. The molecular weight excluding hydrogens is 228 g/mol. The van der Waals surface area contributed by atoms with Crippen LogP contribution < -0.4 is 0 Å². The van der Waals surface area contributed by atoms with Gasteiger partial charge in [-0.25, -0.2) is 0 Å². The fourth-order valence-electron chi connectivity index (χ4n) is 0.896. The van der Waals surface area contributed by atoms with Gasteiger partial charge in [0.2, 0.25) is 0 Å². The molecule has 1 N–H and O–H groups in total. The van der Waals surface area contributed by atoms with E-state index in [1.807, 2.05) is 0 Å². The van der Waals surface area contributed by atoms with Crippen LogP contribution in [0.15, 0.2) is 0 Å². The molecular formula is C11H18O6. The molecule has 0 heterocycles. The number of aliphatic carboxylic acids is 1. The summed E-state index contributed by atoms with van der Waals surface area (Å²) in [5.74, 6) is -2.00. The number of rotatable bonds is 7. The van der Waals surface area contributed by atoms with Crippen LogP contribution in [0, 0.1) is 5.41 Å². The molecule has 0 bridgehead atoms. The van der Waals surface area contributed by atoms with E-state index in [0.29, 0.717) is 0 Å². The highest BCUT2D eigenvalue weighted by Gasteiger charge is 2.22. The van der Waals surface area contributed by atoms with Gasteiger partial charge in [0.05, 0.1) is 26.1 Å². The number of hydrogen-bond donors (Lipinski definition) is 1. The van der Waals surface area contributed by atoms with Gasteiger partial charge < -0.3 is 14.6 Å². The molecule has 0 saturated heterocycles. The highest BCUT2D eigenvalue weighted by atomic mass is 16.5. The van der Waals surface area contributed by atoms with Crippen LogP contribution >= 0.6 is 0 Å². The Balaban J connectivity index is 3.87. The Bertz CT molecular complexity index is 294. The van der Waals surface area contributed by atoms with Crippen molar-refractivity contribution in [3.8, 4) is 0 Å². The van der Waals surface area contributed by atoms with E-state index in [9.17, 15) is 14.4 Å². The molecule has 0 aliphatic carbocycles. The lowest BCUT2D eigenvalue weighted by atomic mass is 9.96. The summed E-state index contributed by atoms with van der Waals surface area (Å²) in [5.41, 5.74) is -0.482. The third-order valence-corrected chi connectivity index (χ3v) is 1.83. The van der Waals surface area contributed by atoms with Gasteiger partial charge in [0, 0.05) is 12.3 Å². The number of carbonyl (C=O) groups excluding carboxylic acids is 2. The molecule has 0 aromatic heterocycles. The predicted octanol–water partition coefficient (Wildman–Crippen LogP) is 0.984. The Morgan fingerprint density at radius 3 is 2.06 bits per heavy atom. The molecule has 98 valence electrons. The summed E-state index contributed by atoms with van der Waals surface area (Å²) >= 11 is 0. The normalized spacial score (nSPS) is 10.8. The first-order valence-corrected chi connectivity index (χ1v) is 5.24. The minimum Gasteiger partial charge on any atom is -0.481 e. The van der Waals surface area contributed by atoms with Crippen LogP contribution in [0.5, 0.6) is 0 Å². The highest BCUT2D eigenvalue weighted by molar-refractivity contribution is 5.76. The molecule has 0 aromatic carbocycles. The largest absolute Gasteiger partial charge is 0.481 e. The second kappa shape index (κ2) is 6.88. The second-order valence-electron chi connectivity index (χ2n) is 4.50. The lowest BCUT2D eigenvalue weighted by molar-refractivity contribution is -0.153. The summed E-state index contributed by atoms with van der Waals surface area (Å²) in [4.78, 5) is 32.0. The van der Waals surface area contributed by atoms with Crippen LogP contribution in [0.4, 0.5) is 0 Å². The van der Waals surface area contributed by atoms with Gasteiger partial charge in [-0.05, 0) is 0 Å². The molecule has 0 spiro atoms. The SMILES string of the molecule is CC(=O)OCC(C)(C)COC(=O)CCC(=O)O. The van der Waals surface area contributed by atoms with Crippen LogP contribution in [0.3, 0.4) is 0 Å². The topological polar surface area (TPSA) is 89.9 Å².